The molecule has 0 atom stereocenters. The Kier molecular flexibility index (Phi) is 3.82. The van der Waals surface area contributed by atoms with Crippen LogP contribution in [-0.4, -0.2) is 6.21 Å². The summed E-state index contributed by atoms with van der Waals surface area (Å²) in [6, 6.07) is 7.88. The molecule has 0 spiro atoms. The van der Waals surface area contributed by atoms with Crippen LogP contribution in [0.1, 0.15) is 16.0 Å². The van der Waals surface area contributed by atoms with Crippen molar-refractivity contribution in [1.82, 2.24) is 0 Å². The van der Waals surface area contributed by atoms with Crippen molar-refractivity contribution in [3.63, 3.8) is 0 Å². The van der Waals surface area contributed by atoms with Crippen LogP contribution < -0.4 is 5.43 Å². The second kappa shape index (κ2) is 5.34. The lowest BCUT2D eigenvalue weighted by molar-refractivity contribution is 1.34. The standard InChI is InChI=1S/C13H13ClN2S/c1-9-3-4-11(7-12(9)14)16-15-8-13-10(2)5-6-17-13/h3-8,16H,1-2H3/b15-8+. The lowest BCUT2D eigenvalue weighted by Crippen LogP contribution is -1.90. The Balaban J connectivity index is 2.05. The van der Waals surface area contributed by atoms with Gasteiger partial charge in [-0.3, -0.25) is 5.43 Å². The van der Waals surface area contributed by atoms with Gasteiger partial charge in [0.15, 0.2) is 0 Å². The summed E-state index contributed by atoms with van der Waals surface area (Å²) in [5.41, 5.74) is 6.17. The molecule has 17 heavy (non-hydrogen) atoms. The number of hydrazone groups is 1. The molecule has 0 fully saturated rings. The molecule has 2 nitrogen and oxygen atoms in total. The minimum Gasteiger partial charge on any atom is -0.278 e. The SMILES string of the molecule is Cc1ccc(N/N=C/c2sccc2C)cc1Cl. The van der Waals surface area contributed by atoms with Crippen molar-refractivity contribution in [3.8, 4) is 0 Å². The van der Waals surface area contributed by atoms with Crippen molar-refractivity contribution in [2.24, 2.45) is 5.10 Å². The first-order valence-electron chi connectivity index (χ1n) is 5.26. The number of halogens is 1. The molecule has 0 bridgehead atoms. The number of anilines is 1. The molecule has 1 N–H and O–H groups in total. The van der Waals surface area contributed by atoms with Crippen molar-refractivity contribution >= 4 is 34.8 Å². The number of thiophene rings is 1. The van der Waals surface area contributed by atoms with Gasteiger partial charge in [-0.1, -0.05) is 17.7 Å². The second-order valence-electron chi connectivity index (χ2n) is 3.80. The first-order chi connectivity index (χ1) is 8.16. The molecule has 0 unspecified atom stereocenters. The maximum absolute atomic E-state index is 6.03. The van der Waals surface area contributed by atoms with Gasteiger partial charge in [-0.2, -0.15) is 5.10 Å². The summed E-state index contributed by atoms with van der Waals surface area (Å²) in [5, 5.41) is 7.00. The number of aryl methyl sites for hydroxylation is 2. The van der Waals surface area contributed by atoms with Gasteiger partial charge in [0.1, 0.15) is 0 Å². The fourth-order valence-corrected chi connectivity index (χ4v) is 2.31. The third kappa shape index (κ3) is 3.08. The Hall–Kier alpha value is -1.32. The molecule has 0 aliphatic rings. The summed E-state index contributed by atoms with van der Waals surface area (Å²) in [6.07, 6.45) is 1.83. The Labute approximate surface area is 110 Å². The second-order valence-corrected chi connectivity index (χ2v) is 5.16. The van der Waals surface area contributed by atoms with Gasteiger partial charge in [0.2, 0.25) is 0 Å². The maximum Gasteiger partial charge on any atom is 0.0647 e. The number of nitrogens with one attached hydrogen (secondary N) is 1. The third-order valence-corrected chi connectivity index (χ3v) is 3.81. The first kappa shape index (κ1) is 12.1. The van der Waals surface area contributed by atoms with Gasteiger partial charge >= 0.3 is 0 Å². The molecule has 0 amide bonds. The third-order valence-electron chi connectivity index (χ3n) is 2.45. The fourth-order valence-electron chi connectivity index (χ4n) is 1.34. The summed E-state index contributed by atoms with van der Waals surface area (Å²) >= 11 is 7.70. The smallest absolute Gasteiger partial charge is 0.0647 e. The Morgan fingerprint density at radius 2 is 2.06 bits per heavy atom. The van der Waals surface area contributed by atoms with E-state index in [1.54, 1.807) is 11.3 Å². The van der Waals surface area contributed by atoms with E-state index in [0.717, 1.165) is 21.2 Å². The van der Waals surface area contributed by atoms with Gasteiger partial charge in [-0.05, 0) is 48.6 Å². The van der Waals surface area contributed by atoms with E-state index < -0.39 is 0 Å². The van der Waals surface area contributed by atoms with E-state index in [4.69, 9.17) is 11.6 Å². The summed E-state index contributed by atoms with van der Waals surface area (Å²) in [4.78, 5) is 1.16. The van der Waals surface area contributed by atoms with Crippen molar-refractivity contribution in [1.29, 1.82) is 0 Å². The number of hydrogen-bond acceptors (Lipinski definition) is 3. The average molecular weight is 265 g/mol. The minimum atomic E-state index is 0.748. The molecule has 0 radical (unpaired) electrons. The molecule has 0 aliphatic heterocycles. The normalized spacial score (nSPS) is 11.0. The van der Waals surface area contributed by atoms with Crippen molar-refractivity contribution in [3.05, 3.63) is 50.7 Å². The van der Waals surface area contributed by atoms with E-state index >= 15 is 0 Å². The highest BCUT2D eigenvalue weighted by molar-refractivity contribution is 7.11. The van der Waals surface area contributed by atoms with E-state index in [1.807, 2.05) is 31.3 Å². The van der Waals surface area contributed by atoms with Crippen LogP contribution in [0.4, 0.5) is 5.69 Å². The average Bonchev–Trinajstić information content (AvgIpc) is 2.70. The number of nitrogens with zero attached hydrogens (tertiary/aromatic N) is 1. The van der Waals surface area contributed by atoms with Gasteiger partial charge in [0.25, 0.3) is 0 Å². The Morgan fingerprint density at radius 3 is 2.71 bits per heavy atom. The molecule has 1 heterocycles. The molecule has 2 aromatic rings. The number of hydrogen-bond donors (Lipinski definition) is 1. The van der Waals surface area contributed by atoms with Crippen LogP contribution in [0.15, 0.2) is 34.7 Å². The lowest BCUT2D eigenvalue weighted by atomic mass is 10.2. The largest absolute Gasteiger partial charge is 0.278 e. The molecular weight excluding hydrogens is 252 g/mol. The predicted octanol–water partition coefficient (Wildman–Crippen LogP) is 4.46. The van der Waals surface area contributed by atoms with Gasteiger partial charge in [-0.15, -0.1) is 11.3 Å². The number of benzene rings is 1. The summed E-state index contributed by atoms with van der Waals surface area (Å²) in [7, 11) is 0. The molecule has 2 rings (SSSR count). The topological polar surface area (TPSA) is 24.4 Å². The zero-order valence-corrected chi connectivity index (χ0v) is 11.3. The van der Waals surface area contributed by atoms with E-state index in [9.17, 15) is 0 Å². The monoisotopic (exact) mass is 264 g/mol. The van der Waals surface area contributed by atoms with Gasteiger partial charge in [0.05, 0.1) is 11.9 Å². The lowest BCUT2D eigenvalue weighted by Gasteiger charge is -2.02. The van der Waals surface area contributed by atoms with Crippen LogP contribution in [-0.2, 0) is 0 Å². The van der Waals surface area contributed by atoms with E-state index in [-0.39, 0.29) is 0 Å². The fraction of sp³-hybridized carbons (Fsp3) is 0.154. The zero-order chi connectivity index (χ0) is 12.3. The molecule has 4 heteroatoms. The predicted molar refractivity (Wildman–Crippen MR) is 76.5 cm³/mol. The van der Waals surface area contributed by atoms with Gasteiger partial charge < -0.3 is 0 Å². The molecule has 0 saturated heterocycles. The summed E-state index contributed by atoms with van der Waals surface area (Å²) in [6.45, 7) is 4.05. The van der Waals surface area contributed by atoms with Crippen LogP contribution in [0, 0.1) is 13.8 Å². The molecule has 0 saturated carbocycles. The Bertz CT molecular complexity index is 546. The zero-order valence-electron chi connectivity index (χ0n) is 9.70. The summed E-state index contributed by atoms with van der Waals surface area (Å²) < 4.78 is 0. The van der Waals surface area contributed by atoms with Crippen LogP contribution in [0.2, 0.25) is 5.02 Å². The number of rotatable bonds is 3. The van der Waals surface area contributed by atoms with Crippen molar-refractivity contribution < 1.29 is 0 Å². The quantitative estimate of drug-likeness (QED) is 0.642. The summed E-state index contributed by atoms with van der Waals surface area (Å²) in [5.74, 6) is 0. The highest BCUT2D eigenvalue weighted by Gasteiger charge is 1.97. The van der Waals surface area contributed by atoms with Crippen LogP contribution in [0.5, 0.6) is 0 Å². The van der Waals surface area contributed by atoms with Gasteiger partial charge in [-0.25, -0.2) is 0 Å². The van der Waals surface area contributed by atoms with Crippen LogP contribution in [0.25, 0.3) is 0 Å². The van der Waals surface area contributed by atoms with Gasteiger partial charge in [0, 0.05) is 9.90 Å². The highest BCUT2D eigenvalue weighted by Crippen LogP contribution is 2.20. The van der Waals surface area contributed by atoms with Crippen molar-refractivity contribution in [2.75, 3.05) is 5.43 Å². The molecule has 1 aromatic carbocycles. The first-order valence-corrected chi connectivity index (χ1v) is 6.52. The Morgan fingerprint density at radius 1 is 1.24 bits per heavy atom. The van der Waals surface area contributed by atoms with Crippen LogP contribution >= 0.6 is 22.9 Å². The maximum atomic E-state index is 6.03. The van der Waals surface area contributed by atoms with Crippen LogP contribution in [0.3, 0.4) is 0 Å². The molecular formula is C13H13ClN2S. The van der Waals surface area contributed by atoms with E-state index in [2.05, 4.69) is 28.9 Å². The van der Waals surface area contributed by atoms with Crippen molar-refractivity contribution in [2.45, 2.75) is 13.8 Å². The molecule has 0 aliphatic carbocycles. The van der Waals surface area contributed by atoms with E-state index in [0.29, 0.717) is 0 Å². The molecule has 1 aromatic heterocycles. The highest BCUT2D eigenvalue weighted by atomic mass is 35.5. The minimum absolute atomic E-state index is 0.748. The molecule has 88 valence electrons. The van der Waals surface area contributed by atoms with E-state index in [1.165, 1.54) is 5.56 Å².